The molecular formula is C16H28N4O. The van der Waals surface area contributed by atoms with Gasteiger partial charge in [0.05, 0.1) is 6.61 Å². The van der Waals surface area contributed by atoms with Crippen LogP contribution < -0.4 is 5.32 Å². The highest BCUT2D eigenvalue weighted by atomic mass is 16.3. The van der Waals surface area contributed by atoms with Crippen LogP contribution in [-0.4, -0.2) is 65.8 Å². The summed E-state index contributed by atoms with van der Waals surface area (Å²) < 4.78 is 0. The number of nitrogens with zero attached hydrogens (tertiary/aromatic N) is 3. The van der Waals surface area contributed by atoms with Crippen molar-refractivity contribution in [1.29, 1.82) is 0 Å². The van der Waals surface area contributed by atoms with Crippen molar-refractivity contribution in [2.45, 2.75) is 26.3 Å². The Bertz CT molecular complexity index is 396. The lowest BCUT2D eigenvalue weighted by Gasteiger charge is -2.21. The van der Waals surface area contributed by atoms with Gasteiger partial charge in [0.25, 0.3) is 0 Å². The predicted octanol–water partition coefficient (Wildman–Crippen LogP) is 1.40. The van der Waals surface area contributed by atoms with Gasteiger partial charge in [0.15, 0.2) is 0 Å². The molecule has 0 bridgehead atoms. The maximum atomic E-state index is 9.03. The van der Waals surface area contributed by atoms with Crippen LogP contribution >= 0.6 is 0 Å². The minimum atomic E-state index is 0.260. The monoisotopic (exact) mass is 292 g/mol. The lowest BCUT2D eigenvalue weighted by atomic mass is 10.2. The first-order chi connectivity index (χ1) is 10.3. The van der Waals surface area contributed by atoms with Gasteiger partial charge in [0.2, 0.25) is 0 Å². The summed E-state index contributed by atoms with van der Waals surface area (Å²) in [5, 5.41) is 12.3. The Labute approximate surface area is 128 Å². The highest BCUT2D eigenvalue weighted by Gasteiger charge is 2.14. The highest BCUT2D eigenvalue weighted by molar-refractivity contribution is 5.35. The number of hydrogen-bond donors (Lipinski definition) is 2. The average Bonchev–Trinajstić information content (AvgIpc) is 2.73. The third-order valence-corrected chi connectivity index (χ3v) is 3.88. The van der Waals surface area contributed by atoms with Gasteiger partial charge >= 0.3 is 0 Å². The fraction of sp³-hybridized carbons (Fsp3) is 0.688. The van der Waals surface area contributed by atoms with Crippen LogP contribution in [0.5, 0.6) is 0 Å². The van der Waals surface area contributed by atoms with Gasteiger partial charge in [0.1, 0.15) is 5.82 Å². The Hall–Kier alpha value is -1.17. The van der Waals surface area contributed by atoms with Gasteiger partial charge in [-0.2, -0.15) is 0 Å². The predicted molar refractivity (Wildman–Crippen MR) is 86.4 cm³/mol. The van der Waals surface area contributed by atoms with Crippen molar-refractivity contribution in [3.63, 3.8) is 0 Å². The Balaban J connectivity index is 1.81. The second-order valence-corrected chi connectivity index (χ2v) is 5.67. The van der Waals surface area contributed by atoms with Gasteiger partial charge in [-0.3, -0.25) is 9.80 Å². The number of hydrogen-bond acceptors (Lipinski definition) is 5. The van der Waals surface area contributed by atoms with Gasteiger partial charge in [-0.15, -0.1) is 0 Å². The lowest BCUT2D eigenvalue weighted by Crippen LogP contribution is -2.32. The first kappa shape index (κ1) is 16.2. The van der Waals surface area contributed by atoms with Gasteiger partial charge in [-0.05, 0) is 37.6 Å². The van der Waals surface area contributed by atoms with Crippen molar-refractivity contribution in [1.82, 2.24) is 14.8 Å². The van der Waals surface area contributed by atoms with Crippen LogP contribution in [0.25, 0.3) is 0 Å². The summed E-state index contributed by atoms with van der Waals surface area (Å²) in [6, 6.07) is 4.24. The van der Waals surface area contributed by atoms with Crippen molar-refractivity contribution in [3.05, 3.63) is 23.9 Å². The molecule has 0 aliphatic carbocycles. The van der Waals surface area contributed by atoms with E-state index in [4.69, 9.17) is 5.11 Å². The summed E-state index contributed by atoms with van der Waals surface area (Å²) in [6.45, 7) is 9.48. The molecule has 21 heavy (non-hydrogen) atoms. The number of nitrogens with one attached hydrogen (secondary N) is 1. The molecule has 118 valence electrons. The SMILES string of the molecule is CCCNc1ccc(CN2CCCN(CCO)CC2)cn1. The molecule has 5 nitrogen and oxygen atoms in total. The number of β-amino-alcohol motifs (C(OH)–C–C–N with tert-alkyl or cyclic N) is 1. The summed E-state index contributed by atoms with van der Waals surface area (Å²) in [6.07, 6.45) is 4.26. The van der Waals surface area contributed by atoms with E-state index >= 15 is 0 Å². The molecule has 5 heteroatoms. The third kappa shape index (κ3) is 5.61. The summed E-state index contributed by atoms with van der Waals surface area (Å²) in [5.41, 5.74) is 1.27. The number of aliphatic hydroxyl groups excluding tert-OH is 1. The molecule has 1 fully saturated rings. The molecule has 1 aromatic heterocycles. The second-order valence-electron chi connectivity index (χ2n) is 5.67. The molecule has 2 rings (SSSR count). The molecule has 1 saturated heterocycles. The van der Waals surface area contributed by atoms with E-state index in [1.807, 2.05) is 6.20 Å². The normalized spacial score (nSPS) is 17.6. The lowest BCUT2D eigenvalue weighted by molar-refractivity contribution is 0.196. The van der Waals surface area contributed by atoms with Crippen LogP contribution in [0.1, 0.15) is 25.3 Å². The molecule has 2 N–H and O–H groups in total. The Morgan fingerprint density at radius 3 is 2.71 bits per heavy atom. The van der Waals surface area contributed by atoms with Gasteiger partial charge in [0, 0.05) is 38.9 Å². The van der Waals surface area contributed by atoms with Crippen LogP contribution in [0.4, 0.5) is 5.82 Å². The molecule has 0 atom stereocenters. The molecule has 0 amide bonds. The van der Waals surface area contributed by atoms with Crippen molar-refractivity contribution in [3.8, 4) is 0 Å². The fourth-order valence-corrected chi connectivity index (χ4v) is 2.68. The zero-order valence-electron chi connectivity index (χ0n) is 13.1. The van der Waals surface area contributed by atoms with Crippen LogP contribution in [0.15, 0.2) is 18.3 Å². The van der Waals surface area contributed by atoms with Crippen molar-refractivity contribution in [2.24, 2.45) is 0 Å². The third-order valence-electron chi connectivity index (χ3n) is 3.88. The molecule has 2 heterocycles. The summed E-state index contributed by atoms with van der Waals surface area (Å²) >= 11 is 0. The van der Waals surface area contributed by atoms with Gasteiger partial charge in [-0.1, -0.05) is 13.0 Å². The van der Waals surface area contributed by atoms with E-state index in [2.05, 4.69) is 39.2 Å². The van der Waals surface area contributed by atoms with E-state index in [-0.39, 0.29) is 6.61 Å². The molecule has 1 aliphatic rings. The smallest absolute Gasteiger partial charge is 0.125 e. The molecule has 0 spiro atoms. The van der Waals surface area contributed by atoms with E-state index in [1.165, 1.54) is 12.0 Å². The molecular weight excluding hydrogens is 264 g/mol. The zero-order valence-corrected chi connectivity index (χ0v) is 13.1. The van der Waals surface area contributed by atoms with Crippen molar-refractivity contribution in [2.75, 3.05) is 51.2 Å². The number of anilines is 1. The maximum absolute atomic E-state index is 9.03. The molecule has 0 radical (unpaired) electrons. The number of aromatic nitrogens is 1. The van der Waals surface area contributed by atoms with Crippen molar-refractivity contribution >= 4 is 5.82 Å². The minimum Gasteiger partial charge on any atom is -0.395 e. The maximum Gasteiger partial charge on any atom is 0.125 e. The fourth-order valence-electron chi connectivity index (χ4n) is 2.68. The van der Waals surface area contributed by atoms with Gasteiger partial charge < -0.3 is 10.4 Å². The standard InChI is InChI=1S/C16H28N4O/c1-2-6-17-16-5-4-15(13-18-16)14-20-8-3-7-19(9-10-20)11-12-21/h4-5,13,21H,2-3,6-12,14H2,1H3,(H,17,18). The van der Waals surface area contributed by atoms with E-state index in [1.54, 1.807) is 0 Å². The van der Waals surface area contributed by atoms with Crippen LogP contribution in [0.3, 0.4) is 0 Å². The van der Waals surface area contributed by atoms with E-state index in [9.17, 15) is 0 Å². The number of rotatable bonds is 7. The zero-order chi connectivity index (χ0) is 14.9. The molecule has 1 aliphatic heterocycles. The Kier molecular flexibility index (Phi) is 6.92. The Morgan fingerprint density at radius 2 is 2.00 bits per heavy atom. The van der Waals surface area contributed by atoms with Crippen molar-refractivity contribution < 1.29 is 5.11 Å². The summed E-state index contributed by atoms with van der Waals surface area (Å²) in [7, 11) is 0. The highest BCUT2D eigenvalue weighted by Crippen LogP contribution is 2.10. The number of aliphatic hydroxyl groups is 1. The van der Waals surface area contributed by atoms with E-state index in [0.717, 1.165) is 58.1 Å². The topological polar surface area (TPSA) is 51.6 Å². The largest absolute Gasteiger partial charge is 0.395 e. The van der Waals surface area contributed by atoms with Crippen LogP contribution in [0, 0.1) is 0 Å². The first-order valence-electron chi connectivity index (χ1n) is 8.06. The molecule has 1 aromatic rings. The molecule has 0 aromatic carbocycles. The van der Waals surface area contributed by atoms with Crippen LogP contribution in [0.2, 0.25) is 0 Å². The summed E-state index contributed by atoms with van der Waals surface area (Å²) in [4.78, 5) is 9.29. The van der Waals surface area contributed by atoms with E-state index < -0.39 is 0 Å². The molecule has 0 saturated carbocycles. The average molecular weight is 292 g/mol. The second kappa shape index (κ2) is 8.97. The first-order valence-corrected chi connectivity index (χ1v) is 8.06. The minimum absolute atomic E-state index is 0.260. The van der Waals surface area contributed by atoms with E-state index in [0.29, 0.717) is 0 Å². The Morgan fingerprint density at radius 1 is 1.19 bits per heavy atom. The number of pyridine rings is 1. The van der Waals surface area contributed by atoms with Crippen LogP contribution in [-0.2, 0) is 6.54 Å². The summed E-state index contributed by atoms with van der Waals surface area (Å²) in [5.74, 6) is 0.964. The quantitative estimate of drug-likeness (QED) is 0.796. The molecule has 0 unspecified atom stereocenters. The van der Waals surface area contributed by atoms with Gasteiger partial charge in [-0.25, -0.2) is 4.98 Å².